The van der Waals surface area contributed by atoms with E-state index in [4.69, 9.17) is 14.2 Å². The number of aromatic amines is 1. The van der Waals surface area contributed by atoms with Crippen molar-refractivity contribution in [3.05, 3.63) is 30.7 Å². The fourth-order valence-electron chi connectivity index (χ4n) is 4.13. The molecule has 3 aliphatic rings. The van der Waals surface area contributed by atoms with Gasteiger partial charge in [-0.1, -0.05) is 0 Å². The minimum absolute atomic E-state index is 0.0928. The van der Waals surface area contributed by atoms with Gasteiger partial charge in [0.1, 0.15) is 5.65 Å². The number of nitrogens with zero attached hydrogens (tertiary/aromatic N) is 5. The van der Waals surface area contributed by atoms with Gasteiger partial charge in [-0.05, 0) is 12.1 Å². The summed E-state index contributed by atoms with van der Waals surface area (Å²) in [5, 5.41) is 5.55. The number of nitrogens with one attached hydrogen (secondary N) is 1. The van der Waals surface area contributed by atoms with Gasteiger partial charge in [-0.15, -0.1) is 0 Å². The summed E-state index contributed by atoms with van der Waals surface area (Å²) in [7, 11) is 0. The Labute approximate surface area is 178 Å². The van der Waals surface area contributed by atoms with Crippen molar-refractivity contribution in [2.24, 2.45) is 0 Å². The third kappa shape index (κ3) is 3.41. The number of amides is 1. The van der Waals surface area contributed by atoms with Crippen molar-refractivity contribution in [1.82, 2.24) is 24.6 Å². The van der Waals surface area contributed by atoms with Gasteiger partial charge in [0.05, 0.1) is 44.4 Å². The van der Waals surface area contributed by atoms with Crippen LogP contribution in [0.5, 0.6) is 0 Å². The average molecular weight is 424 g/mol. The van der Waals surface area contributed by atoms with Gasteiger partial charge >= 0.3 is 6.09 Å². The summed E-state index contributed by atoms with van der Waals surface area (Å²) in [4.78, 5) is 24.3. The highest BCUT2D eigenvalue weighted by atomic mass is 16.6. The van der Waals surface area contributed by atoms with Gasteiger partial charge in [0.2, 0.25) is 0 Å². The molecule has 0 radical (unpaired) electrons. The van der Waals surface area contributed by atoms with E-state index in [1.54, 1.807) is 4.90 Å². The number of piperazine rings is 1. The Balaban J connectivity index is 1.18. The quantitative estimate of drug-likeness (QED) is 0.680. The Morgan fingerprint density at radius 2 is 1.94 bits per heavy atom. The maximum absolute atomic E-state index is 12.3. The van der Waals surface area contributed by atoms with Crippen LogP contribution in [0.15, 0.2) is 30.7 Å². The van der Waals surface area contributed by atoms with Gasteiger partial charge in [0, 0.05) is 55.2 Å². The van der Waals surface area contributed by atoms with Crippen molar-refractivity contribution < 1.29 is 19.0 Å². The molecular formula is C21H24N6O4. The molecule has 0 aromatic carbocycles. The Hall–Kier alpha value is -3.11. The molecule has 6 rings (SSSR count). The molecule has 10 nitrogen and oxygen atoms in total. The number of hydrogen-bond donors (Lipinski definition) is 1. The summed E-state index contributed by atoms with van der Waals surface area (Å²) < 4.78 is 17.7. The lowest BCUT2D eigenvalue weighted by molar-refractivity contribution is -0.104. The molecule has 0 atom stereocenters. The first-order chi connectivity index (χ1) is 15.2. The smallest absolute Gasteiger partial charge is 0.410 e. The molecule has 3 aromatic heterocycles. The topological polar surface area (TPSA) is 97.7 Å². The van der Waals surface area contributed by atoms with Crippen molar-refractivity contribution in [2.75, 3.05) is 57.5 Å². The summed E-state index contributed by atoms with van der Waals surface area (Å²) in [6, 6.07) is 4.49. The minimum Gasteiger partial charge on any atom is -0.441 e. The first kappa shape index (κ1) is 18.6. The SMILES string of the molecule is O=C(OC1COC1)N1CCN(c2ccnc3[nH]c(-c4cnn(C5COC5)c4)cc23)CC1. The molecule has 3 fully saturated rings. The molecule has 0 bridgehead atoms. The van der Waals surface area contributed by atoms with Crippen molar-refractivity contribution in [1.29, 1.82) is 0 Å². The van der Waals surface area contributed by atoms with E-state index in [2.05, 4.69) is 32.2 Å². The van der Waals surface area contributed by atoms with Crippen molar-refractivity contribution in [3.8, 4) is 11.3 Å². The van der Waals surface area contributed by atoms with Gasteiger partial charge in [0.15, 0.2) is 6.10 Å². The predicted molar refractivity (Wildman–Crippen MR) is 112 cm³/mol. The summed E-state index contributed by atoms with van der Waals surface area (Å²) in [5.74, 6) is 0. The largest absolute Gasteiger partial charge is 0.441 e. The van der Waals surface area contributed by atoms with Crippen molar-refractivity contribution in [3.63, 3.8) is 0 Å². The van der Waals surface area contributed by atoms with E-state index in [0.29, 0.717) is 45.6 Å². The first-order valence-corrected chi connectivity index (χ1v) is 10.6. The lowest BCUT2D eigenvalue weighted by Crippen LogP contribution is -2.51. The number of H-pyrrole nitrogens is 1. The van der Waals surface area contributed by atoms with Crippen LogP contribution in [0.2, 0.25) is 0 Å². The Morgan fingerprint density at radius 3 is 2.65 bits per heavy atom. The molecule has 6 heterocycles. The molecule has 162 valence electrons. The molecule has 0 aliphatic carbocycles. The number of fused-ring (bicyclic) bond motifs is 1. The van der Waals surface area contributed by atoms with Gasteiger partial charge in [-0.25, -0.2) is 9.78 Å². The highest BCUT2D eigenvalue weighted by Gasteiger charge is 2.29. The molecule has 0 spiro atoms. The zero-order valence-electron chi connectivity index (χ0n) is 17.1. The molecule has 0 saturated carbocycles. The van der Waals surface area contributed by atoms with Crippen molar-refractivity contribution in [2.45, 2.75) is 12.1 Å². The standard InChI is InChI=1S/C21H24N6O4/c28-21(31-16-12-30-13-16)26-5-3-25(4-6-26)19-1-2-22-20-17(19)7-18(24-20)14-8-23-27(9-14)15-10-29-11-15/h1-2,7-9,15-16H,3-6,10-13H2,(H,22,24). The normalized spacial score (nSPS) is 20.0. The predicted octanol–water partition coefficient (Wildman–Crippen LogP) is 1.66. The molecule has 31 heavy (non-hydrogen) atoms. The summed E-state index contributed by atoms with van der Waals surface area (Å²) in [6.45, 7) is 5.19. The highest BCUT2D eigenvalue weighted by molar-refractivity contribution is 5.93. The average Bonchev–Trinajstić information content (AvgIpc) is 3.36. The first-order valence-electron chi connectivity index (χ1n) is 10.6. The Bertz CT molecular complexity index is 1090. The fourth-order valence-corrected chi connectivity index (χ4v) is 4.13. The number of pyridine rings is 1. The van der Waals surface area contributed by atoms with E-state index in [1.807, 2.05) is 23.1 Å². The number of carbonyl (C=O) groups excluding carboxylic acids is 1. The summed E-state index contributed by atoms with van der Waals surface area (Å²) in [5.41, 5.74) is 3.99. The molecule has 0 unspecified atom stereocenters. The van der Waals surface area contributed by atoms with Crippen LogP contribution in [-0.4, -0.2) is 89.5 Å². The van der Waals surface area contributed by atoms with Crippen LogP contribution >= 0.6 is 0 Å². The number of carbonyl (C=O) groups is 1. The highest BCUT2D eigenvalue weighted by Crippen LogP contribution is 2.31. The van der Waals surface area contributed by atoms with Crippen LogP contribution < -0.4 is 4.90 Å². The van der Waals surface area contributed by atoms with Gasteiger partial charge in [-0.2, -0.15) is 5.10 Å². The van der Waals surface area contributed by atoms with Gasteiger partial charge in [0.25, 0.3) is 0 Å². The maximum Gasteiger partial charge on any atom is 0.410 e. The van der Waals surface area contributed by atoms with Gasteiger partial charge in [-0.3, -0.25) is 4.68 Å². The molecule has 1 N–H and O–H groups in total. The minimum atomic E-state index is -0.245. The number of hydrogen-bond acceptors (Lipinski definition) is 7. The molecule has 10 heteroatoms. The van der Waals surface area contributed by atoms with Crippen LogP contribution in [-0.2, 0) is 14.2 Å². The Morgan fingerprint density at radius 1 is 1.13 bits per heavy atom. The maximum atomic E-state index is 12.3. The second kappa shape index (κ2) is 7.54. The second-order valence-electron chi connectivity index (χ2n) is 8.19. The zero-order valence-corrected chi connectivity index (χ0v) is 17.1. The summed E-state index contributed by atoms with van der Waals surface area (Å²) in [6.07, 6.45) is 5.41. The van der Waals surface area contributed by atoms with E-state index in [9.17, 15) is 4.79 Å². The summed E-state index contributed by atoms with van der Waals surface area (Å²) >= 11 is 0. The third-order valence-electron chi connectivity index (χ3n) is 6.17. The van der Waals surface area contributed by atoms with E-state index in [0.717, 1.165) is 41.1 Å². The molecule has 3 aliphatic heterocycles. The van der Waals surface area contributed by atoms with E-state index < -0.39 is 0 Å². The number of anilines is 1. The van der Waals surface area contributed by atoms with Crippen LogP contribution in [0.3, 0.4) is 0 Å². The zero-order chi connectivity index (χ0) is 20.8. The molecule has 3 saturated heterocycles. The van der Waals surface area contributed by atoms with E-state index >= 15 is 0 Å². The fraction of sp³-hybridized carbons (Fsp3) is 0.476. The van der Waals surface area contributed by atoms with Crippen LogP contribution in [0.4, 0.5) is 10.5 Å². The lowest BCUT2D eigenvalue weighted by atomic mass is 10.2. The molecule has 3 aromatic rings. The number of rotatable bonds is 4. The number of ether oxygens (including phenoxy) is 3. The van der Waals surface area contributed by atoms with E-state index in [1.165, 1.54) is 0 Å². The molecular weight excluding hydrogens is 400 g/mol. The van der Waals surface area contributed by atoms with Crippen molar-refractivity contribution >= 4 is 22.8 Å². The molecule has 1 amide bonds. The lowest BCUT2D eigenvalue weighted by Gasteiger charge is -2.37. The van der Waals surface area contributed by atoms with Crippen LogP contribution in [0, 0.1) is 0 Å². The second-order valence-corrected chi connectivity index (χ2v) is 8.19. The Kier molecular flexibility index (Phi) is 4.53. The monoisotopic (exact) mass is 424 g/mol. The van der Waals surface area contributed by atoms with Gasteiger partial charge < -0.3 is 29.0 Å². The third-order valence-corrected chi connectivity index (χ3v) is 6.17. The van der Waals surface area contributed by atoms with Crippen LogP contribution in [0.25, 0.3) is 22.3 Å². The van der Waals surface area contributed by atoms with E-state index in [-0.39, 0.29) is 12.2 Å². The number of aromatic nitrogens is 4. The van der Waals surface area contributed by atoms with Crippen LogP contribution in [0.1, 0.15) is 6.04 Å².